The Morgan fingerprint density at radius 1 is 1.00 bits per heavy atom. The van der Waals surface area contributed by atoms with Crippen LogP contribution in [0.2, 0.25) is 10.0 Å². The van der Waals surface area contributed by atoms with E-state index < -0.39 is 0 Å². The second kappa shape index (κ2) is 8.15. The van der Waals surface area contributed by atoms with E-state index in [0.29, 0.717) is 27.1 Å². The minimum Gasteiger partial charge on any atom is -0.266 e. The van der Waals surface area contributed by atoms with Crippen molar-refractivity contribution in [1.29, 1.82) is 0 Å². The minimum absolute atomic E-state index is 0.217. The van der Waals surface area contributed by atoms with Crippen molar-refractivity contribution < 1.29 is 4.79 Å². The van der Waals surface area contributed by atoms with Crippen molar-refractivity contribution in [3.05, 3.63) is 104 Å². The lowest BCUT2D eigenvalue weighted by Crippen LogP contribution is -2.32. The molecule has 1 aliphatic heterocycles. The van der Waals surface area contributed by atoms with Crippen LogP contribution in [0, 0.1) is 6.92 Å². The molecule has 3 nitrogen and oxygen atoms in total. The number of amidine groups is 1. The Balaban J connectivity index is 1.86. The zero-order valence-corrected chi connectivity index (χ0v) is 18.5. The third-order valence-corrected chi connectivity index (χ3v) is 5.51. The maximum absolute atomic E-state index is 13.3. The van der Waals surface area contributed by atoms with E-state index in [-0.39, 0.29) is 5.91 Å². The van der Waals surface area contributed by atoms with Crippen LogP contribution >= 0.6 is 39.1 Å². The number of anilines is 1. The Hall–Kier alpha value is -2.40. The molecule has 1 aliphatic rings. The third-order valence-electron chi connectivity index (χ3n) is 4.46. The topological polar surface area (TPSA) is 32.7 Å². The molecule has 0 spiro atoms. The number of carbonyl (C=O) groups excluding carboxylic acids is 1. The maximum atomic E-state index is 13.3. The predicted molar refractivity (Wildman–Crippen MR) is 124 cm³/mol. The molecule has 0 radical (unpaired) electrons. The highest BCUT2D eigenvalue weighted by Crippen LogP contribution is 2.31. The molecule has 0 atom stereocenters. The van der Waals surface area contributed by atoms with Crippen molar-refractivity contribution in [2.45, 2.75) is 6.92 Å². The highest BCUT2D eigenvalue weighted by atomic mass is 79.9. The lowest BCUT2D eigenvalue weighted by Gasteiger charge is -2.19. The first-order valence-corrected chi connectivity index (χ1v) is 10.4. The molecule has 0 aliphatic carbocycles. The van der Waals surface area contributed by atoms with E-state index in [1.54, 1.807) is 29.2 Å². The molecule has 4 rings (SSSR count). The first-order chi connectivity index (χ1) is 13.9. The number of amides is 1. The predicted octanol–water partition coefficient (Wildman–Crippen LogP) is 6.90. The van der Waals surface area contributed by atoms with Crippen molar-refractivity contribution in [1.82, 2.24) is 0 Å². The lowest BCUT2D eigenvalue weighted by atomic mass is 10.1. The van der Waals surface area contributed by atoms with Gasteiger partial charge in [-0.05, 0) is 55.0 Å². The van der Waals surface area contributed by atoms with E-state index >= 15 is 0 Å². The third kappa shape index (κ3) is 4.15. The molecule has 0 saturated carbocycles. The van der Waals surface area contributed by atoms with E-state index in [1.165, 1.54) is 0 Å². The number of nitrogens with zero attached hydrogens (tertiary/aromatic N) is 2. The summed E-state index contributed by atoms with van der Waals surface area (Å²) in [7, 11) is 0. The molecule has 3 aromatic rings. The number of rotatable bonds is 3. The number of aliphatic imine (C=N–C) groups is 1. The van der Waals surface area contributed by atoms with Crippen LogP contribution in [0.5, 0.6) is 0 Å². The van der Waals surface area contributed by atoms with Gasteiger partial charge in [-0.15, -0.1) is 0 Å². The summed E-state index contributed by atoms with van der Waals surface area (Å²) in [6, 6.07) is 20.6. The van der Waals surface area contributed by atoms with Gasteiger partial charge in [-0.2, -0.15) is 0 Å². The normalized spacial score (nSPS) is 15.2. The molecule has 0 unspecified atom stereocenters. The maximum Gasteiger partial charge on any atom is 0.282 e. The molecule has 6 heteroatoms. The standard InChI is InChI=1S/C23H15BrCl2N2O/c1-14-4-2-5-16(10-14)22-27-21(11-15-8-9-18(25)13-20(15)26)23(29)28(22)19-7-3-6-17(24)12-19/h2-13H,1H3/b21-11+. The Labute approximate surface area is 187 Å². The van der Waals surface area contributed by atoms with Crippen LogP contribution in [0.4, 0.5) is 5.69 Å². The molecule has 0 fully saturated rings. The number of halogens is 3. The zero-order chi connectivity index (χ0) is 20.5. The summed E-state index contributed by atoms with van der Waals surface area (Å²) in [5.74, 6) is 0.360. The second-order valence-corrected chi connectivity index (χ2v) is 8.38. The van der Waals surface area contributed by atoms with Gasteiger partial charge in [0.2, 0.25) is 0 Å². The van der Waals surface area contributed by atoms with E-state index in [1.807, 2.05) is 55.5 Å². The summed E-state index contributed by atoms with van der Waals surface area (Å²) in [6.07, 6.45) is 1.69. The van der Waals surface area contributed by atoms with Crippen LogP contribution in [-0.2, 0) is 4.79 Å². The molecule has 3 aromatic carbocycles. The van der Waals surface area contributed by atoms with Crippen molar-refractivity contribution in [2.24, 2.45) is 4.99 Å². The summed E-state index contributed by atoms with van der Waals surface area (Å²) in [5, 5.41) is 1.00. The lowest BCUT2D eigenvalue weighted by molar-refractivity contribution is -0.113. The molecule has 1 amide bonds. The van der Waals surface area contributed by atoms with Crippen LogP contribution < -0.4 is 4.90 Å². The van der Waals surface area contributed by atoms with E-state index in [0.717, 1.165) is 21.3 Å². The molecule has 29 heavy (non-hydrogen) atoms. The highest BCUT2D eigenvalue weighted by molar-refractivity contribution is 9.10. The fourth-order valence-corrected chi connectivity index (χ4v) is 3.97. The van der Waals surface area contributed by atoms with Crippen molar-refractivity contribution >= 4 is 62.6 Å². The van der Waals surface area contributed by atoms with Crippen LogP contribution in [0.1, 0.15) is 16.7 Å². The number of hydrogen-bond acceptors (Lipinski definition) is 2. The van der Waals surface area contributed by atoms with Crippen LogP contribution in [-0.4, -0.2) is 11.7 Å². The highest BCUT2D eigenvalue weighted by Gasteiger charge is 2.32. The largest absolute Gasteiger partial charge is 0.282 e. The number of benzene rings is 3. The van der Waals surface area contributed by atoms with Gasteiger partial charge in [0, 0.05) is 20.1 Å². The number of aryl methyl sites for hydroxylation is 1. The van der Waals surface area contributed by atoms with Gasteiger partial charge < -0.3 is 0 Å². The van der Waals surface area contributed by atoms with Gasteiger partial charge in [0.1, 0.15) is 11.5 Å². The molecule has 0 saturated heterocycles. The Morgan fingerprint density at radius 3 is 2.52 bits per heavy atom. The van der Waals surface area contributed by atoms with Crippen LogP contribution in [0.25, 0.3) is 6.08 Å². The van der Waals surface area contributed by atoms with Crippen LogP contribution in [0.3, 0.4) is 0 Å². The summed E-state index contributed by atoms with van der Waals surface area (Å²) in [4.78, 5) is 19.6. The fraction of sp³-hybridized carbons (Fsp3) is 0.0435. The van der Waals surface area contributed by atoms with E-state index in [4.69, 9.17) is 23.2 Å². The Bertz CT molecular complexity index is 1190. The number of carbonyl (C=O) groups is 1. The van der Waals surface area contributed by atoms with E-state index in [2.05, 4.69) is 20.9 Å². The second-order valence-electron chi connectivity index (χ2n) is 6.62. The van der Waals surface area contributed by atoms with Crippen molar-refractivity contribution in [3.8, 4) is 0 Å². The zero-order valence-electron chi connectivity index (χ0n) is 15.4. The summed E-state index contributed by atoms with van der Waals surface area (Å²) in [5.41, 5.74) is 3.68. The fourth-order valence-electron chi connectivity index (χ4n) is 3.12. The van der Waals surface area contributed by atoms with Gasteiger partial charge >= 0.3 is 0 Å². The van der Waals surface area contributed by atoms with Gasteiger partial charge in [0.15, 0.2) is 0 Å². The molecular formula is C23H15BrCl2N2O. The molecule has 0 bridgehead atoms. The molecular weight excluding hydrogens is 471 g/mol. The Kier molecular flexibility index (Phi) is 5.59. The first kappa shape index (κ1) is 19.9. The van der Waals surface area contributed by atoms with Crippen molar-refractivity contribution in [2.75, 3.05) is 4.90 Å². The molecule has 1 heterocycles. The molecule has 0 N–H and O–H groups in total. The average Bonchev–Trinajstić information content (AvgIpc) is 3.00. The molecule has 0 aromatic heterocycles. The first-order valence-electron chi connectivity index (χ1n) is 8.85. The van der Waals surface area contributed by atoms with Crippen molar-refractivity contribution in [3.63, 3.8) is 0 Å². The average molecular weight is 486 g/mol. The SMILES string of the molecule is Cc1cccc(C2=N/C(=C/c3ccc(Cl)cc3Cl)C(=O)N2c2cccc(Br)c2)c1. The van der Waals surface area contributed by atoms with Gasteiger partial charge in [-0.1, -0.05) is 75.0 Å². The number of hydrogen-bond donors (Lipinski definition) is 0. The summed E-state index contributed by atoms with van der Waals surface area (Å²) < 4.78 is 0.879. The monoisotopic (exact) mass is 484 g/mol. The van der Waals surface area contributed by atoms with Gasteiger partial charge in [-0.3, -0.25) is 9.69 Å². The van der Waals surface area contributed by atoms with Crippen LogP contribution in [0.15, 0.2) is 81.9 Å². The Morgan fingerprint density at radius 2 is 1.79 bits per heavy atom. The quantitative estimate of drug-likeness (QED) is 0.371. The summed E-state index contributed by atoms with van der Waals surface area (Å²) >= 11 is 15.8. The minimum atomic E-state index is -0.217. The van der Waals surface area contributed by atoms with Gasteiger partial charge in [0.05, 0.1) is 5.69 Å². The summed E-state index contributed by atoms with van der Waals surface area (Å²) in [6.45, 7) is 2.01. The van der Waals surface area contributed by atoms with Gasteiger partial charge in [0.25, 0.3) is 5.91 Å². The van der Waals surface area contributed by atoms with E-state index in [9.17, 15) is 4.79 Å². The molecule has 144 valence electrons. The van der Waals surface area contributed by atoms with Gasteiger partial charge in [-0.25, -0.2) is 4.99 Å². The smallest absolute Gasteiger partial charge is 0.266 e.